The van der Waals surface area contributed by atoms with Crippen LogP contribution in [0.1, 0.15) is 19.8 Å². The summed E-state index contributed by atoms with van der Waals surface area (Å²) < 4.78 is 21.0. The maximum absolute atomic E-state index is 12.0. The summed E-state index contributed by atoms with van der Waals surface area (Å²) in [5.74, 6) is -1.89. The van der Waals surface area contributed by atoms with E-state index < -0.39 is 5.92 Å². The van der Waals surface area contributed by atoms with Gasteiger partial charge in [-0.3, -0.25) is 14.4 Å². The Balaban J connectivity index is 1.63. The van der Waals surface area contributed by atoms with Gasteiger partial charge in [0.05, 0.1) is 31.7 Å². The molecule has 22 heavy (non-hydrogen) atoms. The van der Waals surface area contributed by atoms with Gasteiger partial charge in [0.2, 0.25) is 0 Å². The molecule has 1 saturated heterocycles. The Bertz CT molecular complexity index is 488. The van der Waals surface area contributed by atoms with Crippen LogP contribution in [0.15, 0.2) is 0 Å². The van der Waals surface area contributed by atoms with Crippen molar-refractivity contribution in [2.45, 2.75) is 32.0 Å². The smallest absolute Gasteiger partial charge is 0.310 e. The van der Waals surface area contributed by atoms with Gasteiger partial charge in [0.25, 0.3) is 0 Å². The monoisotopic (exact) mass is 312 g/mol. The summed E-state index contributed by atoms with van der Waals surface area (Å²) >= 11 is 0. The van der Waals surface area contributed by atoms with Crippen LogP contribution >= 0.6 is 0 Å². The minimum absolute atomic E-state index is 0.0322. The molecule has 2 saturated carbocycles. The van der Waals surface area contributed by atoms with Crippen molar-refractivity contribution in [1.82, 2.24) is 0 Å². The lowest BCUT2D eigenvalue weighted by molar-refractivity contribution is -0.154. The van der Waals surface area contributed by atoms with Crippen molar-refractivity contribution in [3.8, 4) is 0 Å². The SMILES string of the molecule is CCC(=O)OCCOC1C2CC3C1OC(=O)C3C2C(=O)OC. The highest BCUT2D eigenvalue weighted by atomic mass is 16.6. The van der Waals surface area contributed by atoms with Crippen molar-refractivity contribution in [1.29, 1.82) is 0 Å². The lowest BCUT2D eigenvalue weighted by atomic mass is 9.78. The fourth-order valence-electron chi connectivity index (χ4n) is 4.11. The Morgan fingerprint density at radius 1 is 1.27 bits per heavy atom. The summed E-state index contributed by atoms with van der Waals surface area (Å²) in [6.45, 7) is 2.11. The number of esters is 3. The Hall–Kier alpha value is -1.63. The van der Waals surface area contributed by atoms with E-state index in [0.717, 1.165) is 6.42 Å². The van der Waals surface area contributed by atoms with E-state index in [1.165, 1.54) is 7.11 Å². The lowest BCUT2D eigenvalue weighted by Gasteiger charge is -2.30. The maximum Gasteiger partial charge on any atom is 0.310 e. The zero-order valence-electron chi connectivity index (χ0n) is 12.7. The van der Waals surface area contributed by atoms with E-state index in [9.17, 15) is 14.4 Å². The van der Waals surface area contributed by atoms with E-state index in [-0.39, 0.29) is 61.1 Å². The quantitative estimate of drug-likeness (QED) is 0.396. The molecule has 0 radical (unpaired) electrons. The van der Waals surface area contributed by atoms with Crippen LogP contribution in [0.5, 0.6) is 0 Å². The fraction of sp³-hybridized carbons (Fsp3) is 0.800. The van der Waals surface area contributed by atoms with Crippen LogP contribution in [0.4, 0.5) is 0 Å². The van der Waals surface area contributed by atoms with Crippen molar-refractivity contribution in [2.75, 3.05) is 20.3 Å². The van der Waals surface area contributed by atoms with Crippen LogP contribution in [-0.2, 0) is 33.3 Å². The van der Waals surface area contributed by atoms with Gasteiger partial charge in [0.1, 0.15) is 12.7 Å². The van der Waals surface area contributed by atoms with Crippen LogP contribution in [0.25, 0.3) is 0 Å². The summed E-state index contributed by atoms with van der Waals surface area (Å²) in [6, 6.07) is 0. The molecular formula is C15H20O7. The fourth-order valence-corrected chi connectivity index (χ4v) is 4.11. The average Bonchev–Trinajstić information content (AvgIpc) is 3.12. The van der Waals surface area contributed by atoms with Gasteiger partial charge in [-0.2, -0.15) is 0 Å². The van der Waals surface area contributed by atoms with Gasteiger partial charge in [-0.25, -0.2) is 0 Å². The molecule has 3 fully saturated rings. The second kappa shape index (κ2) is 5.87. The van der Waals surface area contributed by atoms with Crippen LogP contribution in [0.3, 0.4) is 0 Å². The third-order valence-electron chi connectivity index (χ3n) is 4.96. The molecule has 0 aromatic heterocycles. The molecule has 122 valence electrons. The predicted molar refractivity (Wildman–Crippen MR) is 71.5 cm³/mol. The van der Waals surface area contributed by atoms with Crippen LogP contribution in [0.2, 0.25) is 0 Å². The van der Waals surface area contributed by atoms with Crippen LogP contribution < -0.4 is 0 Å². The average molecular weight is 312 g/mol. The second-order valence-electron chi connectivity index (χ2n) is 5.95. The molecule has 3 rings (SSSR count). The Morgan fingerprint density at radius 3 is 2.73 bits per heavy atom. The number of carbonyl (C=O) groups is 3. The molecule has 1 aliphatic heterocycles. The summed E-state index contributed by atoms with van der Waals surface area (Å²) in [6.07, 6.45) is 0.447. The van der Waals surface area contributed by atoms with Crippen LogP contribution in [-0.4, -0.2) is 50.4 Å². The van der Waals surface area contributed by atoms with Crippen molar-refractivity contribution < 1.29 is 33.3 Å². The first-order chi connectivity index (χ1) is 10.6. The van der Waals surface area contributed by atoms with Crippen molar-refractivity contribution in [2.24, 2.45) is 23.7 Å². The van der Waals surface area contributed by atoms with Gasteiger partial charge in [-0.15, -0.1) is 0 Å². The van der Waals surface area contributed by atoms with E-state index >= 15 is 0 Å². The van der Waals surface area contributed by atoms with E-state index in [1.54, 1.807) is 6.92 Å². The first-order valence-electron chi connectivity index (χ1n) is 7.64. The summed E-state index contributed by atoms with van der Waals surface area (Å²) in [4.78, 5) is 35.0. The summed E-state index contributed by atoms with van der Waals surface area (Å²) in [5.41, 5.74) is 0. The standard InChI is InChI=1S/C15H20O7/c1-3-9(16)20-4-5-21-12-7-6-8-11(10(7)14(17)19-2)15(18)22-13(8)12/h7-8,10-13H,3-6H2,1-2H3. The maximum atomic E-state index is 12.0. The topological polar surface area (TPSA) is 88.1 Å². The first-order valence-corrected chi connectivity index (χ1v) is 7.64. The lowest BCUT2D eigenvalue weighted by Crippen LogP contribution is -2.43. The molecule has 0 spiro atoms. The highest BCUT2D eigenvalue weighted by Crippen LogP contribution is 2.58. The minimum atomic E-state index is -0.482. The van der Waals surface area contributed by atoms with E-state index in [2.05, 4.69) is 0 Å². The molecule has 0 N–H and O–H groups in total. The number of fused-ring (bicyclic) bond motifs is 1. The molecule has 7 nitrogen and oxygen atoms in total. The van der Waals surface area contributed by atoms with Crippen molar-refractivity contribution in [3.05, 3.63) is 0 Å². The van der Waals surface area contributed by atoms with Crippen molar-refractivity contribution in [3.63, 3.8) is 0 Å². The summed E-state index contributed by atoms with van der Waals surface area (Å²) in [5, 5.41) is 0. The Morgan fingerprint density at radius 2 is 2.05 bits per heavy atom. The molecule has 7 heteroatoms. The van der Waals surface area contributed by atoms with Crippen LogP contribution in [0, 0.1) is 23.7 Å². The van der Waals surface area contributed by atoms with Gasteiger partial charge in [0.15, 0.2) is 0 Å². The number of hydrogen-bond acceptors (Lipinski definition) is 7. The molecule has 1 heterocycles. The van der Waals surface area contributed by atoms with E-state index in [1.807, 2.05) is 0 Å². The first kappa shape index (κ1) is 15.3. The van der Waals surface area contributed by atoms with Gasteiger partial charge in [0, 0.05) is 18.3 Å². The molecule has 0 amide bonds. The van der Waals surface area contributed by atoms with Gasteiger partial charge in [-0.1, -0.05) is 6.92 Å². The molecule has 0 aromatic rings. The summed E-state index contributed by atoms with van der Waals surface area (Å²) in [7, 11) is 1.33. The minimum Gasteiger partial charge on any atom is -0.469 e. The molecule has 6 unspecified atom stereocenters. The number of carbonyl (C=O) groups excluding carboxylic acids is 3. The molecule has 0 aromatic carbocycles. The zero-order chi connectivity index (χ0) is 15.9. The molecule has 2 bridgehead atoms. The molecule has 6 atom stereocenters. The van der Waals surface area contributed by atoms with Gasteiger partial charge in [-0.05, 0) is 6.42 Å². The highest BCUT2D eigenvalue weighted by Gasteiger charge is 2.69. The third-order valence-corrected chi connectivity index (χ3v) is 4.96. The second-order valence-corrected chi connectivity index (χ2v) is 5.95. The Labute approximate surface area is 128 Å². The molecular weight excluding hydrogens is 292 g/mol. The number of hydrogen-bond donors (Lipinski definition) is 0. The van der Waals surface area contributed by atoms with Gasteiger partial charge >= 0.3 is 17.9 Å². The predicted octanol–water partition coefficient (Wildman–Crippen LogP) is 0.305. The van der Waals surface area contributed by atoms with Crippen molar-refractivity contribution >= 4 is 17.9 Å². The van der Waals surface area contributed by atoms with Gasteiger partial charge < -0.3 is 18.9 Å². The zero-order valence-corrected chi connectivity index (χ0v) is 12.7. The molecule has 2 aliphatic carbocycles. The largest absolute Gasteiger partial charge is 0.469 e. The number of ether oxygens (including phenoxy) is 4. The number of methoxy groups -OCH3 is 1. The molecule has 3 aliphatic rings. The van der Waals surface area contributed by atoms with E-state index in [4.69, 9.17) is 18.9 Å². The van der Waals surface area contributed by atoms with E-state index in [0.29, 0.717) is 6.42 Å². The Kier molecular flexibility index (Phi) is 4.08. The normalized spacial score (nSPS) is 38.0. The third kappa shape index (κ3) is 2.27. The highest BCUT2D eigenvalue weighted by molar-refractivity contribution is 5.86. The number of rotatable bonds is 6.